The first-order valence-electron chi connectivity index (χ1n) is 7.10. The van der Waals surface area contributed by atoms with E-state index in [4.69, 9.17) is 11.6 Å². The summed E-state index contributed by atoms with van der Waals surface area (Å²) in [6, 6.07) is 6.44. The highest BCUT2D eigenvalue weighted by Gasteiger charge is 2.26. The molecule has 0 fully saturated rings. The van der Waals surface area contributed by atoms with Gasteiger partial charge in [0.2, 0.25) is 5.91 Å². The van der Waals surface area contributed by atoms with Gasteiger partial charge in [-0.25, -0.2) is 4.39 Å². The van der Waals surface area contributed by atoms with Crippen LogP contribution in [-0.2, 0) is 11.2 Å². The van der Waals surface area contributed by atoms with Crippen molar-refractivity contribution in [1.29, 1.82) is 0 Å². The molecule has 3 nitrogen and oxygen atoms in total. The zero-order chi connectivity index (χ0) is 15.7. The summed E-state index contributed by atoms with van der Waals surface area (Å²) >= 11 is 7.60. The summed E-state index contributed by atoms with van der Waals surface area (Å²) in [4.78, 5) is 15.7. The minimum atomic E-state index is -0.482. The summed E-state index contributed by atoms with van der Waals surface area (Å²) in [6.45, 7) is 3.17. The Balaban J connectivity index is 1.66. The quantitative estimate of drug-likeness (QED) is 0.913. The SMILES string of the molecule is C[C@@H]1c2ccsc2CCN1CC(=O)Nc1cc(Cl)ccc1F. The van der Waals surface area contributed by atoms with Gasteiger partial charge >= 0.3 is 0 Å². The van der Waals surface area contributed by atoms with Gasteiger partial charge in [-0.2, -0.15) is 0 Å². The molecule has 1 N–H and O–H groups in total. The topological polar surface area (TPSA) is 32.3 Å². The van der Waals surface area contributed by atoms with Crippen LogP contribution in [0.25, 0.3) is 0 Å². The summed E-state index contributed by atoms with van der Waals surface area (Å²) < 4.78 is 13.7. The predicted molar refractivity (Wildman–Crippen MR) is 88.1 cm³/mol. The van der Waals surface area contributed by atoms with E-state index in [1.165, 1.54) is 28.6 Å². The number of carbonyl (C=O) groups is 1. The summed E-state index contributed by atoms with van der Waals surface area (Å²) in [5, 5.41) is 5.08. The van der Waals surface area contributed by atoms with Crippen molar-refractivity contribution in [3.05, 3.63) is 50.9 Å². The van der Waals surface area contributed by atoms with E-state index in [1.807, 2.05) is 0 Å². The van der Waals surface area contributed by atoms with Crippen molar-refractivity contribution in [3.8, 4) is 0 Å². The largest absolute Gasteiger partial charge is 0.322 e. The van der Waals surface area contributed by atoms with E-state index in [2.05, 4.69) is 28.6 Å². The smallest absolute Gasteiger partial charge is 0.238 e. The molecule has 0 bridgehead atoms. The molecule has 0 aliphatic carbocycles. The molecule has 1 aliphatic heterocycles. The predicted octanol–water partition coefficient (Wildman–Crippen LogP) is 4.10. The Morgan fingerprint density at radius 3 is 3.14 bits per heavy atom. The third-order valence-corrected chi connectivity index (χ3v) is 5.18. The third kappa shape index (κ3) is 3.16. The second kappa shape index (κ2) is 6.36. The molecule has 1 aromatic carbocycles. The normalized spacial score (nSPS) is 18.0. The molecule has 2 aromatic rings. The number of amides is 1. The monoisotopic (exact) mass is 338 g/mol. The molecule has 1 amide bonds. The van der Waals surface area contributed by atoms with Crippen LogP contribution in [0.15, 0.2) is 29.6 Å². The first-order chi connectivity index (χ1) is 10.5. The van der Waals surface area contributed by atoms with E-state index in [-0.39, 0.29) is 24.2 Å². The van der Waals surface area contributed by atoms with Crippen molar-refractivity contribution in [3.63, 3.8) is 0 Å². The van der Waals surface area contributed by atoms with Gasteiger partial charge < -0.3 is 5.32 Å². The molecule has 6 heteroatoms. The number of hydrogen-bond acceptors (Lipinski definition) is 3. The molecular formula is C16H16ClFN2OS. The molecule has 0 spiro atoms. The molecule has 0 unspecified atom stereocenters. The van der Waals surface area contributed by atoms with Gasteiger partial charge in [-0.05, 0) is 48.6 Å². The van der Waals surface area contributed by atoms with Gasteiger partial charge in [0, 0.05) is 22.5 Å². The molecule has 0 radical (unpaired) electrons. The molecular weight excluding hydrogens is 323 g/mol. The van der Waals surface area contributed by atoms with Gasteiger partial charge in [-0.3, -0.25) is 9.69 Å². The maximum atomic E-state index is 13.7. The Hall–Kier alpha value is -1.43. The lowest BCUT2D eigenvalue weighted by molar-refractivity contribution is -0.117. The minimum Gasteiger partial charge on any atom is -0.322 e. The fourth-order valence-electron chi connectivity index (χ4n) is 2.74. The van der Waals surface area contributed by atoms with E-state index in [1.54, 1.807) is 11.3 Å². The zero-order valence-corrected chi connectivity index (χ0v) is 13.7. The van der Waals surface area contributed by atoms with Crippen LogP contribution in [-0.4, -0.2) is 23.9 Å². The summed E-state index contributed by atoms with van der Waals surface area (Å²) in [5.74, 6) is -0.712. The number of nitrogens with one attached hydrogen (secondary N) is 1. The number of rotatable bonds is 3. The average Bonchev–Trinajstić information content (AvgIpc) is 2.95. The molecule has 0 saturated heterocycles. The maximum Gasteiger partial charge on any atom is 0.238 e. The second-order valence-electron chi connectivity index (χ2n) is 5.37. The van der Waals surface area contributed by atoms with Gasteiger partial charge in [0.1, 0.15) is 5.82 Å². The van der Waals surface area contributed by atoms with Crippen LogP contribution in [0.3, 0.4) is 0 Å². The summed E-state index contributed by atoms with van der Waals surface area (Å²) in [5.41, 5.74) is 1.41. The number of halogens is 2. The Bertz CT molecular complexity index is 703. The number of fused-ring (bicyclic) bond motifs is 1. The Morgan fingerprint density at radius 2 is 2.32 bits per heavy atom. The van der Waals surface area contributed by atoms with Crippen molar-refractivity contribution in [2.75, 3.05) is 18.4 Å². The first-order valence-corrected chi connectivity index (χ1v) is 8.35. The molecule has 2 heterocycles. The average molecular weight is 339 g/mol. The number of carbonyl (C=O) groups excluding carboxylic acids is 1. The van der Waals surface area contributed by atoms with Crippen LogP contribution in [0.2, 0.25) is 5.02 Å². The number of anilines is 1. The first kappa shape index (κ1) is 15.5. The Morgan fingerprint density at radius 1 is 1.50 bits per heavy atom. The lowest BCUT2D eigenvalue weighted by atomic mass is 10.0. The highest BCUT2D eigenvalue weighted by Crippen LogP contribution is 2.32. The van der Waals surface area contributed by atoms with Gasteiger partial charge in [-0.15, -0.1) is 11.3 Å². The van der Waals surface area contributed by atoms with Crippen LogP contribution in [0.4, 0.5) is 10.1 Å². The lowest BCUT2D eigenvalue weighted by Gasteiger charge is -2.32. The molecule has 1 atom stereocenters. The van der Waals surface area contributed by atoms with Crippen molar-refractivity contribution >= 4 is 34.5 Å². The van der Waals surface area contributed by atoms with E-state index in [0.717, 1.165) is 13.0 Å². The van der Waals surface area contributed by atoms with Crippen molar-refractivity contribution in [2.45, 2.75) is 19.4 Å². The molecule has 0 saturated carbocycles. The van der Waals surface area contributed by atoms with Crippen LogP contribution in [0, 0.1) is 5.82 Å². The maximum absolute atomic E-state index is 13.7. The second-order valence-corrected chi connectivity index (χ2v) is 6.81. The number of nitrogens with zero attached hydrogens (tertiary/aromatic N) is 1. The fraction of sp³-hybridized carbons (Fsp3) is 0.312. The molecule has 22 heavy (non-hydrogen) atoms. The van der Waals surface area contributed by atoms with Crippen molar-refractivity contribution < 1.29 is 9.18 Å². The van der Waals surface area contributed by atoms with Gasteiger partial charge in [0.15, 0.2) is 0 Å². The summed E-state index contributed by atoms with van der Waals surface area (Å²) in [6.07, 6.45) is 0.955. The number of thiophene rings is 1. The van der Waals surface area contributed by atoms with Crippen LogP contribution < -0.4 is 5.32 Å². The van der Waals surface area contributed by atoms with Crippen LogP contribution in [0.1, 0.15) is 23.4 Å². The lowest BCUT2D eigenvalue weighted by Crippen LogP contribution is -2.39. The number of benzene rings is 1. The van der Waals surface area contributed by atoms with Crippen molar-refractivity contribution in [1.82, 2.24) is 4.90 Å². The van der Waals surface area contributed by atoms with Crippen LogP contribution in [0.5, 0.6) is 0 Å². The zero-order valence-electron chi connectivity index (χ0n) is 12.1. The molecule has 1 aliphatic rings. The Kier molecular flexibility index (Phi) is 4.47. The van der Waals surface area contributed by atoms with Crippen molar-refractivity contribution in [2.24, 2.45) is 0 Å². The molecule has 3 rings (SSSR count). The van der Waals surface area contributed by atoms with Gasteiger partial charge in [0.05, 0.1) is 12.2 Å². The minimum absolute atomic E-state index is 0.124. The van der Waals surface area contributed by atoms with Gasteiger partial charge in [-0.1, -0.05) is 11.6 Å². The molecule has 1 aromatic heterocycles. The Labute approximate surface area is 137 Å². The van der Waals surface area contributed by atoms with E-state index in [0.29, 0.717) is 5.02 Å². The molecule has 116 valence electrons. The van der Waals surface area contributed by atoms with E-state index < -0.39 is 5.82 Å². The summed E-state index contributed by atoms with van der Waals surface area (Å²) in [7, 11) is 0. The van der Waals surface area contributed by atoms with E-state index in [9.17, 15) is 9.18 Å². The van der Waals surface area contributed by atoms with Gasteiger partial charge in [0.25, 0.3) is 0 Å². The highest BCUT2D eigenvalue weighted by molar-refractivity contribution is 7.10. The fourth-order valence-corrected chi connectivity index (χ4v) is 3.88. The highest BCUT2D eigenvalue weighted by atomic mass is 35.5. The number of hydrogen-bond donors (Lipinski definition) is 1. The standard InChI is InChI=1S/C16H16ClFN2OS/c1-10-12-5-7-22-15(12)4-6-20(10)9-16(21)19-14-8-11(17)2-3-13(14)18/h2-3,5,7-8,10H,4,6,9H2,1H3,(H,19,21)/t10-/m1/s1. The third-order valence-electron chi connectivity index (χ3n) is 3.95. The van der Waals surface area contributed by atoms with E-state index >= 15 is 0 Å². The van der Waals surface area contributed by atoms with Crippen LogP contribution >= 0.6 is 22.9 Å².